The minimum Gasteiger partial charge on any atom is -0.381 e. The highest BCUT2D eigenvalue weighted by atomic mass is 15.0. The van der Waals surface area contributed by atoms with Gasteiger partial charge in [-0.25, -0.2) is 0 Å². The zero-order valence-electron chi connectivity index (χ0n) is 13.1. The first-order valence-corrected chi connectivity index (χ1v) is 7.59. The maximum absolute atomic E-state index is 4.56. The van der Waals surface area contributed by atoms with Gasteiger partial charge in [0.25, 0.3) is 0 Å². The van der Waals surface area contributed by atoms with Gasteiger partial charge < -0.3 is 5.32 Å². The molecule has 0 spiro atoms. The number of anilines is 1. The van der Waals surface area contributed by atoms with Crippen LogP contribution >= 0.6 is 0 Å². The Bertz CT molecular complexity index is 431. The number of rotatable bonds is 2. The van der Waals surface area contributed by atoms with Gasteiger partial charge in [-0.1, -0.05) is 33.6 Å². The van der Waals surface area contributed by atoms with Crippen molar-refractivity contribution in [2.45, 2.75) is 66.3 Å². The van der Waals surface area contributed by atoms with E-state index in [-0.39, 0.29) is 0 Å². The van der Waals surface area contributed by atoms with Gasteiger partial charge >= 0.3 is 0 Å². The van der Waals surface area contributed by atoms with Crippen molar-refractivity contribution in [1.29, 1.82) is 0 Å². The molecule has 0 saturated heterocycles. The monoisotopic (exact) mass is 260 g/mol. The molecule has 1 fully saturated rings. The smallest absolute Gasteiger partial charge is 0.0606 e. The lowest BCUT2D eigenvalue weighted by Gasteiger charge is -2.41. The van der Waals surface area contributed by atoms with Crippen molar-refractivity contribution in [3.63, 3.8) is 0 Å². The molecule has 2 heteroatoms. The van der Waals surface area contributed by atoms with Crippen LogP contribution in [0.4, 0.5) is 5.69 Å². The number of nitrogens with one attached hydrogen (secondary N) is 1. The lowest BCUT2D eigenvalue weighted by molar-refractivity contribution is 0.163. The molecule has 2 atom stereocenters. The summed E-state index contributed by atoms with van der Waals surface area (Å²) in [6, 6.07) is 4.88. The zero-order valence-corrected chi connectivity index (χ0v) is 13.1. The van der Waals surface area contributed by atoms with Crippen molar-refractivity contribution >= 4 is 5.69 Å². The first-order chi connectivity index (χ1) is 8.88. The summed E-state index contributed by atoms with van der Waals surface area (Å²) in [5, 5.41) is 3.77. The van der Waals surface area contributed by atoms with Crippen molar-refractivity contribution in [2.75, 3.05) is 5.32 Å². The van der Waals surface area contributed by atoms with Gasteiger partial charge in [0, 0.05) is 11.7 Å². The minimum atomic E-state index is 0.379. The zero-order chi connectivity index (χ0) is 14.0. The van der Waals surface area contributed by atoms with Gasteiger partial charge in [0.05, 0.1) is 11.4 Å². The fourth-order valence-corrected chi connectivity index (χ4v) is 3.38. The van der Waals surface area contributed by atoms with Gasteiger partial charge in [0.15, 0.2) is 0 Å². The van der Waals surface area contributed by atoms with Crippen LogP contribution in [0.1, 0.15) is 57.8 Å². The van der Waals surface area contributed by atoms with Crippen molar-refractivity contribution in [3.05, 3.63) is 23.5 Å². The summed E-state index contributed by atoms with van der Waals surface area (Å²) in [6.45, 7) is 11.3. The maximum Gasteiger partial charge on any atom is 0.0606 e. The van der Waals surface area contributed by atoms with Gasteiger partial charge in [-0.05, 0) is 50.2 Å². The van der Waals surface area contributed by atoms with E-state index in [1.54, 1.807) is 0 Å². The summed E-state index contributed by atoms with van der Waals surface area (Å²) >= 11 is 0. The fraction of sp³-hybridized carbons (Fsp3) is 0.706. The van der Waals surface area contributed by atoms with Crippen LogP contribution in [0.3, 0.4) is 0 Å². The lowest BCUT2D eigenvalue weighted by atomic mass is 9.69. The van der Waals surface area contributed by atoms with Crippen LogP contribution in [0.2, 0.25) is 0 Å². The Morgan fingerprint density at radius 3 is 2.42 bits per heavy atom. The van der Waals surface area contributed by atoms with Gasteiger partial charge in [-0.3, -0.25) is 4.98 Å². The van der Waals surface area contributed by atoms with Crippen LogP contribution in [0.15, 0.2) is 12.1 Å². The van der Waals surface area contributed by atoms with E-state index in [2.05, 4.69) is 57.1 Å². The van der Waals surface area contributed by atoms with Crippen LogP contribution in [0.5, 0.6) is 0 Å². The third kappa shape index (κ3) is 3.49. The summed E-state index contributed by atoms with van der Waals surface area (Å²) in [7, 11) is 0. The fourth-order valence-electron chi connectivity index (χ4n) is 3.38. The SMILES string of the molecule is Cc1ccc(NC2CCCCC2C(C)(C)C)c(C)n1. The quantitative estimate of drug-likeness (QED) is 0.832. The van der Waals surface area contributed by atoms with Crippen molar-refractivity contribution in [2.24, 2.45) is 11.3 Å². The Morgan fingerprint density at radius 1 is 1.11 bits per heavy atom. The van der Waals surface area contributed by atoms with E-state index in [1.165, 1.54) is 31.4 Å². The largest absolute Gasteiger partial charge is 0.381 e. The van der Waals surface area contributed by atoms with Crippen molar-refractivity contribution in [3.8, 4) is 0 Å². The number of hydrogen-bond donors (Lipinski definition) is 1. The highest BCUT2D eigenvalue weighted by molar-refractivity contribution is 5.48. The summed E-state index contributed by atoms with van der Waals surface area (Å²) in [5.74, 6) is 0.752. The molecule has 2 rings (SSSR count). The molecule has 2 unspecified atom stereocenters. The molecule has 0 bridgehead atoms. The molecule has 19 heavy (non-hydrogen) atoms. The Kier molecular flexibility index (Phi) is 4.17. The summed E-state index contributed by atoms with van der Waals surface area (Å²) in [4.78, 5) is 4.56. The van der Waals surface area contributed by atoms with E-state index in [9.17, 15) is 0 Å². The summed E-state index contributed by atoms with van der Waals surface area (Å²) in [5.41, 5.74) is 3.81. The first kappa shape index (κ1) is 14.4. The maximum atomic E-state index is 4.56. The van der Waals surface area contributed by atoms with Gasteiger partial charge in [0.1, 0.15) is 0 Å². The van der Waals surface area contributed by atoms with E-state index in [1.807, 2.05) is 0 Å². The molecular formula is C17H28N2. The number of hydrogen-bond acceptors (Lipinski definition) is 2. The first-order valence-electron chi connectivity index (χ1n) is 7.59. The Hall–Kier alpha value is -1.05. The average Bonchev–Trinajstić information content (AvgIpc) is 2.32. The third-order valence-corrected chi connectivity index (χ3v) is 4.44. The lowest BCUT2D eigenvalue weighted by Crippen LogP contribution is -2.40. The summed E-state index contributed by atoms with van der Waals surface area (Å²) < 4.78 is 0. The number of pyridine rings is 1. The van der Waals surface area contributed by atoms with Crippen LogP contribution in [-0.4, -0.2) is 11.0 Å². The molecule has 0 aromatic carbocycles. The second-order valence-corrected chi connectivity index (χ2v) is 7.09. The van der Waals surface area contributed by atoms with Gasteiger partial charge in [0.2, 0.25) is 0 Å². The molecule has 0 amide bonds. The highest BCUT2D eigenvalue weighted by Crippen LogP contribution is 2.39. The number of nitrogens with zero attached hydrogens (tertiary/aromatic N) is 1. The van der Waals surface area contributed by atoms with Crippen molar-refractivity contribution < 1.29 is 0 Å². The molecule has 106 valence electrons. The van der Waals surface area contributed by atoms with E-state index in [4.69, 9.17) is 0 Å². The van der Waals surface area contributed by atoms with E-state index in [0.717, 1.165) is 17.3 Å². The minimum absolute atomic E-state index is 0.379. The molecule has 2 nitrogen and oxygen atoms in total. The van der Waals surface area contributed by atoms with Crippen molar-refractivity contribution in [1.82, 2.24) is 4.98 Å². The second kappa shape index (κ2) is 5.52. The topological polar surface area (TPSA) is 24.9 Å². The Labute approximate surface area is 118 Å². The second-order valence-electron chi connectivity index (χ2n) is 7.09. The molecule has 1 heterocycles. The molecule has 1 saturated carbocycles. The predicted molar refractivity (Wildman–Crippen MR) is 82.5 cm³/mol. The molecule has 1 aromatic heterocycles. The molecule has 1 aromatic rings. The average molecular weight is 260 g/mol. The number of aromatic nitrogens is 1. The third-order valence-electron chi connectivity index (χ3n) is 4.44. The van der Waals surface area contributed by atoms with Crippen LogP contribution in [0.25, 0.3) is 0 Å². The van der Waals surface area contributed by atoms with E-state index >= 15 is 0 Å². The van der Waals surface area contributed by atoms with Crippen LogP contribution < -0.4 is 5.32 Å². The highest BCUT2D eigenvalue weighted by Gasteiger charge is 2.34. The normalized spacial score (nSPS) is 24.3. The standard InChI is InChI=1S/C17H28N2/c1-12-10-11-15(13(2)18-12)19-16-9-7-6-8-14(16)17(3,4)5/h10-11,14,16,19H,6-9H2,1-5H3. The van der Waals surface area contributed by atoms with E-state index in [0.29, 0.717) is 11.5 Å². The van der Waals surface area contributed by atoms with Crippen LogP contribution in [0, 0.1) is 25.2 Å². The summed E-state index contributed by atoms with van der Waals surface area (Å²) in [6.07, 6.45) is 5.36. The number of aryl methyl sites for hydroxylation is 2. The Morgan fingerprint density at radius 2 is 1.79 bits per heavy atom. The molecule has 1 aliphatic carbocycles. The molecule has 0 radical (unpaired) electrons. The Balaban J connectivity index is 2.15. The molecule has 1 N–H and O–H groups in total. The van der Waals surface area contributed by atoms with Gasteiger partial charge in [-0.2, -0.15) is 0 Å². The molecule has 0 aliphatic heterocycles. The van der Waals surface area contributed by atoms with E-state index < -0.39 is 0 Å². The predicted octanol–water partition coefficient (Wildman–Crippen LogP) is 4.72. The molecule has 1 aliphatic rings. The molecular weight excluding hydrogens is 232 g/mol. The van der Waals surface area contributed by atoms with Gasteiger partial charge in [-0.15, -0.1) is 0 Å². The van der Waals surface area contributed by atoms with Crippen LogP contribution in [-0.2, 0) is 0 Å².